The average molecular weight is 431 g/mol. The number of hydrogen-bond acceptors (Lipinski definition) is 5. The molecule has 1 N–H and O–H groups in total. The summed E-state index contributed by atoms with van der Waals surface area (Å²) in [6, 6.07) is 7.89. The fraction of sp³-hybridized carbons (Fsp3) is 0.667. The molecule has 0 saturated carbocycles. The summed E-state index contributed by atoms with van der Waals surface area (Å²) in [6.45, 7) is 11.2. The van der Waals surface area contributed by atoms with Gasteiger partial charge in [0.15, 0.2) is 6.10 Å². The molecule has 1 saturated heterocycles. The lowest BCUT2D eigenvalue weighted by Gasteiger charge is -2.44. The number of rotatable bonds is 8. The number of hydrogen-bond donors (Lipinski definition) is 1. The van der Waals surface area contributed by atoms with Gasteiger partial charge in [0, 0.05) is 0 Å². The van der Waals surface area contributed by atoms with E-state index < -0.39 is 45.3 Å². The van der Waals surface area contributed by atoms with Crippen LogP contribution >= 0.6 is 0 Å². The maximum absolute atomic E-state index is 15.3. The SMILES string of the molecule is CC(C)[Si](OC1O[C@H](CO)[C@@H](OC(=O)c2ccccc2)C1(F)F)(C(C)C)C(C)C. The van der Waals surface area contributed by atoms with E-state index in [1.165, 1.54) is 12.1 Å². The monoisotopic (exact) mass is 430 g/mol. The van der Waals surface area contributed by atoms with Gasteiger partial charge in [-0.3, -0.25) is 0 Å². The summed E-state index contributed by atoms with van der Waals surface area (Å²) in [4.78, 5) is 12.3. The van der Waals surface area contributed by atoms with Gasteiger partial charge in [0.2, 0.25) is 14.6 Å². The van der Waals surface area contributed by atoms with E-state index in [0.717, 1.165) is 0 Å². The maximum Gasteiger partial charge on any atom is 0.338 e. The van der Waals surface area contributed by atoms with Gasteiger partial charge in [-0.25, -0.2) is 4.79 Å². The van der Waals surface area contributed by atoms with Crippen molar-refractivity contribution in [1.82, 2.24) is 0 Å². The Labute approximate surface area is 172 Å². The molecular weight excluding hydrogens is 398 g/mol. The molecule has 1 aromatic carbocycles. The fourth-order valence-electron chi connectivity index (χ4n) is 4.45. The molecule has 0 radical (unpaired) electrons. The largest absolute Gasteiger partial charge is 0.449 e. The molecule has 0 aromatic heterocycles. The average Bonchev–Trinajstić information content (AvgIpc) is 2.89. The van der Waals surface area contributed by atoms with Gasteiger partial charge in [-0.05, 0) is 28.8 Å². The van der Waals surface area contributed by atoms with Gasteiger partial charge in [-0.2, -0.15) is 8.78 Å². The van der Waals surface area contributed by atoms with Gasteiger partial charge < -0.3 is 19.0 Å². The number of carbonyl (C=O) groups is 1. The Morgan fingerprint density at radius 2 is 1.62 bits per heavy atom. The van der Waals surface area contributed by atoms with E-state index in [9.17, 15) is 9.90 Å². The second-order valence-electron chi connectivity index (χ2n) is 8.49. The number of aliphatic hydroxyl groups is 1. The number of halogens is 2. The van der Waals surface area contributed by atoms with E-state index in [0.29, 0.717) is 0 Å². The first-order chi connectivity index (χ1) is 13.5. The second kappa shape index (κ2) is 9.20. The molecule has 5 nitrogen and oxygen atoms in total. The van der Waals surface area contributed by atoms with Gasteiger partial charge in [-0.15, -0.1) is 0 Å². The first-order valence-electron chi connectivity index (χ1n) is 10.1. The molecule has 0 amide bonds. The summed E-state index contributed by atoms with van der Waals surface area (Å²) in [5.74, 6) is -4.48. The van der Waals surface area contributed by atoms with Crippen LogP contribution in [0.15, 0.2) is 30.3 Å². The smallest absolute Gasteiger partial charge is 0.338 e. The minimum Gasteiger partial charge on any atom is -0.449 e. The Kier molecular flexibility index (Phi) is 7.59. The van der Waals surface area contributed by atoms with Gasteiger partial charge in [0.1, 0.15) is 6.10 Å². The minimum atomic E-state index is -3.59. The molecule has 2 rings (SSSR count). The van der Waals surface area contributed by atoms with Crippen molar-refractivity contribution >= 4 is 14.3 Å². The molecule has 8 heteroatoms. The number of ether oxygens (including phenoxy) is 2. The van der Waals surface area contributed by atoms with Crippen molar-refractivity contribution in [1.29, 1.82) is 0 Å². The second-order valence-corrected chi connectivity index (χ2v) is 13.9. The van der Waals surface area contributed by atoms with Crippen molar-refractivity contribution in [3.63, 3.8) is 0 Å². The lowest BCUT2D eigenvalue weighted by atomic mass is 10.1. The van der Waals surface area contributed by atoms with Crippen LogP contribution in [0.4, 0.5) is 8.78 Å². The van der Waals surface area contributed by atoms with Crippen molar-refractivity contribution in [3.8, 4) is 0 Å². The third kappa shape index (κ3) is 4.55. The lowest BCUT2D eigenvalue weighted by molar-refractivity contribution is -0.192. The van der Waals surface area contributed by atoms with E-state index in [-0.39, 0.29) is 22.2 Å². The zero-order valence-corrected chi connectivity index (χ0v) is 18.9. The normalized spacial score (nSPS) is 24.5. The molecule has 1 unspecified atom stereocenters. The van der Waals surface area contributed by atoms with Crippen LogP contribution in [0.2, 0.25) is 16.6 Å². The van der Waals surface area contributed by atoms with E-state index in [2.05, 4.69) is 0 Å². The van der Waals surface area contributed by atoms with Gasteiger partial charge in [0.25, 0.3) is 0 Å². The van der Waals surface area contributed by atoms with E-state index in [4.69, 9.17) is 13.9 Å². The highest BCUT2D eigenvalue weighted by Gasteiger charge is 2.64. The molecule has 0 aliphatic carbocycles. The fourth-order valence-corrected chi connectivity index (χ4v) is 9.85. The molecule has 29 heavy (non-hydrogen) atoms. The Balaban J connectivity index is 2.30. The summed E-state index contributed by atoms with van der Waals surface area (Å²) < 4.78 is 47.2. The molecule has 0 spiro atoms. The van der Waals surface area contributed by atoms with Crippen LogP contribution in [0.1, 0.15) is 51.9 Å². The Hall–Kier alpha value is -1.35. The predicted octanol–water partition coefficient (Wildman–Crippen LogP) is 4.76. The van der Waals surface area contributed by atoms with E-state index in [1.807, 2.05) is 41.5 Å². The molecule has 0 bridgehead atoms. The van der Waals surface area contributed by atoms with Crippen molar-refractivity contribution in [3.05, 3.63) is 35.9 Å². The molecule has 1 aromatic rings. The number of alkyl halides is 2. The third-order valence-electron chi connectivity index (χ3n) is 5.77. The zero-order chi connectivity index (χ0) is 22.0. The predicted molar refractivity (Wildman–Crippen MR) is 108 cm³/mol. The van der Waals surface area contributed by atoms with Crippen LogP contribution in [-0.2, 0) is 13.9 Å². The van der Waals surface area contributed by atoms with Crippen molar-refractivity contribution in [2.24, 2.45) is 0 Å². The lowest BCUT2D eigenvalue weighted by Crippen LogP contribution is -2.54. The number of carbonyl (C=O) groups excluding carboxylic acids is 1. The highest BCUT2D eigenvalue weighted by molar-refractivity contribution is 6.77. The topological polar surface area (TPSA) is 65.0 Å². The quantitative estimate of drug-likeness (QED) is 0.476. The zero-order valence-electron chi connectivity index (χ0n) is 17.9. The van der Waals surface area contributed by atoms with Crippen LogP contribution in [0.5, 0.6) is 0 Å². The number of esters is 1. The summed E-state index contributed by atoms with van der Waals surface area (Å²) in [7, 11) is -2.68. The van der Waals surface area contributed by atoms with E-state index in [1.54, 1.807) is 18.2 Å². The van der Waals surface area contributed by atoms with Crippen molar-refractivity contribution < 1.29 is 32.6 Å². The molecule has 1 fully saturated rings. The standard InChI is InChI=1S/C21H32F2O5Si/c1-13(2)29(14(3)4,15(5)6)28-20-21(22,23)18(17(12-24)26-20)27-19(25)16-10-8-7-9-11-16/h7-11,13-15,17-18,20,24H,12H2,1-6H3/t17-,18-,20?/m1/s1. The highest BCUT2D eigenvalue weighted by Crippen LogP contribution is 2.48. The summed E-state index contributed by atoms with van der Waals surface area (Å²) in [5, 5.41) is 9.60. The number of benzene rings is 1. The van der Waals surface area contributed by atoms with Crippen molar-refractivity contribution in [2.75, 3.05) is 6.61 Å². The van der Waals surface area contributed by atoms with Crippen LogP contribution in [0.25, 0.3) is 0 Å². The minimum absolute atomic E-state index is 0.0698. The summed E-state index contributed by atoms with van der Waals surface area (Å²) >= 11 is 0. The Morgan fingerprint density at radius 1 is 1.10 bits per heavy atom. The molecular formula is C21H32F2O5Si. The van der Waals surface area contributed by atoms with E-state index >= 15 is 8.78 Å². The Morgan fingerprint density at radius 3 is 2.07 bits per heavy atom. The number of aliphatic hydroxyl groups excluding tert-OH is 1. The van der Waals surface area contributed by atoms with Crippen LogP contribution in [0.3, 0.4) is 0 Å². The summed E-state index contributed by atoms with van der Waals surface area (Å²) in [6.07, 6.45) is -5.16. The molecule has 164 valence electrons. The van der Waals surface area contributed by atoms with Gasteiger partial charge >= 0.3 is 11.9 Å². The first kappa shape index (κ1) is 23.9. The van der Waals surface area contributed by atoms with Gasteiger partial charge in [-0.1, -0.05) is 59.7 Å². The Bertz CT molecular complexity index is 659. The van der Waals surface area contributed by atoms with Gasteiger partial charge in [0.05, 0.1) is 12.2 Å². The van der Waals surface area contributed by atoms with Crippen molar-refractivity contribution in [2.45, 2.75) is 82.6 Å². The van der Waals surface area contributed by atoms with Crippen LogP contribution in [-0.4, -0.2) is 50.4 Å². The first-order valence-corrected chi connectivity index (χ1v) is 12.2. The third-order valence-corrected chi connectivity index (χ3v) is 11.8. The summed E-state index contributed by atoms with van der Waals surface area (Å²) in [5.41, 5.74) is 0.362. The van der Waals surface area contributed by atoms with Crippen LogP contribution in [0, 0.1) is 0 Å². The molecule has 3 atom stereocenters. The maximum atomic E-state index is 15.3. The molecule has 1 aliphatic heterocycles. The highest BCUT2D eigenvalue weighted by atomic mass is 28.4. The van der Waals surface area contributed by atoms with Crippen LogP contribution < -0.4 is 0 Å². The molecule has 1 aliphatic rings. The molecule has 1 heterocycles.